The molecule has 0 radical (unpaired) electrons. The topological polar surface area (TPSA) is 94.6 Å². The third-order valence-electron chi connectivity index (χ3n) is 5.96. The predicted octanol–water partition coefficient (Wildman–Crippen LogP) is 3.37. The van der Waals surface area contributed by atoms with Crippen LogP contribution in [-0.4, -0.2) is 72.9 Å². The second-order valence-corrected chi connectivity index (χ2v) is 8.57. The second-order valence-electron chi connectivity index (χ2n) is 8.57. The van der Waals surface area contributed by atoms with Crippen LogP contribution >= 0.6 is 0 Å². The van der Waals surface area contributed by atoms with Crippen molar-refractivity contribution < 1.29 is 33.3 Å². The summed E-state index contributed by atoms with van der Waals surface area (Å²) in [6.07, 6.45) is 0.447. The lowest BCUT2D eigenvalue weighted by molar-refractivity contribution is -0.144. The molecule has 0 aromatic heterocycles. The van der Waals surface area contributed by atoms with Gasteiger partial charge in [0, 0.05) is 25.9 Å². The fourth-order valence-corrected chi connectivity index (χ4v) is 4.05. The molecular formula is C26H30N2O7. The minimum atomic E-state index is -0.578. The van der Waals surface area contributed by atoms with Gasteiger partial charge >= 0.3 is 12.2 Å². The van der Waals surface area contributed by atoms with Gasteiger partial charge in [0.05, 0.1) is 26.3 Å². The molecule has 0 atom stereocenters. The molecule has 0 aliphatic carbocycles. The molecule has 2 amide bonds. The van der Waals surface area contributed by atoms with Crippen LogP contribution in [0.5, 0.6) is 0 Å². The van der Waals surface area contributed by atoms with Gasteiger partial charge in [0.15, 0.2) is 11.6 Å². The molecule has 2 aromatic carbocycles. The Hall–Kier alpha value is -3.43. The van der Waals surface area contributed by atoms with Gasteiger partial charge in [0.1, 0.15) is 13.2 Å². The fraction of sp³-hybridized carbons (Fsp3) is 0.423. The molecule has 3 heterocycles. The van der Waals surface area contributed by atoms with Crippen LogP contribution < -0.4 is 0 Å². The summed E-state index contributed by atoms with van der Waals surface area (Å²) < 4.78 is 21.5. The van der Waals surface area contributed by atoms with Crippen molar-refractivity contribution in [3.05, 3.63) is 71.8 Å². The van der Waals surface area contributed by atoms with Crippen molar-refractivity contribution in [2.24, 2.45) is 0 Å². The van der Waals surface area contributed by atoms with E-state index in [0.29, 0.717) is 52.3 Å². The van der Waals surface area contributed by atoms with Crippen LogP contribution in [0.1, 0.15) is 24.0 Å². The van der Waals surface area contributed by atoms with Crippen LogP contribution in [0.25, 0.3) is 0 Å². The maximum atomic E-state index is 12.0. The zero-order chi connectivity index (χ0) is 24.5. The fourth-order valence-electron chi connectivity index (χ4n) is 4.05. The first-order valence-electron chi connectivity index (χ1n) is 11.7. The van der Waals surface area contributed by atoms with Gasteiger partial charge in [-0.05, 0) is 11.1 Å². The molecule has 0 unspecified atom stereocenters. The van der Waals surface area contributed by atoms with Crippen LogP contribution in [0.3, 0.4) is 0 Å². The Morgan fingerprint density at radius 3 is 1.86 bits per heavy atom. The lowest BCUT2D eigenvalue weighted by Gasteiger charge is -2.22. The average molecular weight is 483 g/mol. The Balaban J connectivity index is 0.000000168. The maximum Gasteiger partial charge on any atom is 0.410 e. The van der Waals surface area contributed by atoms with E-state index in [9.17, 15) is 14.4 Å². The van der Waals surface area contributed by atoms with E-state index in [0.717, 1.165) is 11.1 Å². The average Bonchev–Trinajstić information content (AvgIpc) is 3.65. The Bertz CT molecular complexity index is 993. The van der Waals surface area contributed by atoms with Gasteiger partial charge in [-0.3, -0.25) is 4.79 Å². The number of ketones is 1. The van der Waals surface area contributed by atoms with E-state index in [1.807, 2.05) is 60.7 Å². The number of rotatable bonds is 4. The van der Waals surface area contributed by atoms with E-state index in [4.69, 9.17) is 18.9 Å². The molecule has 3 aliphatic rings. The smallest absolute Gasteiger partial charge is 0.410 e. The third-order valence-corrected chi connectivity index (χ3v) is 5.96. The van der Waals surface area contributed by atoms with Crippen LogP contribution in [0.2, 0.25) is 0 Å². The quantitative estimate of drug-likeness (QED) is 0.659. The number of nitrogens with zero attached hydrogens (tertiary/aromatic N) is 2. The lowest BCUT2D eigenvalue weighted by atomic mass is 10.2. The molecule has 186 valence electrons. The van der Waals surface area contributed by atoms with Crippen molar-refractivity contribution in [3.8, 4) is 0 Å². The number of benzene rings is 2. The van der Waals surface area contributed by atoms with E-state index in [1.165, 1.54) is 4.90 Å². The normalized spacial score (nSPS) is 18.3. The molecule has 5 rings (SSSR count). The first kappa shape index (κ1) is 24.7. The molecule has 2 aromatic rings. The first-order chi connectivity index (χ1) is 17.0. The molecule has 0 bridgehead atoms. The highest BCUT2D eigenvalue weighted by atomic mass is 16.7. The Labute approximate surface area is 204 Å². The van der Waals surface area contributed by atoms with Crippen LogP contribution in [0.15, 0.2) is 60.7 Å². The Morgan fingerprint density at radius 2 is 1.34 bits per heavy atom. The molecule has 9 heteroatoms. The van der Waals surface area contributed by atoms with Crippen molar-refractivity contribution in [2.75, 3.05) is 39.4 Å². The summed E-state index contributed by atoms with van der Waals surface area (Å²) in [6.45, 7) is 3.50. The minimum absolute atomic E-state index is 0.0941. The van der Waals surface area contributed by atoms with Crippen LogP contribution in [0.4, 0.5) is 9.59 Å². The number of Topliss-reactive ketones (excluding diaryl/α,β-unsaturated/α-hetero) is 1. The van der Waals surface area contributed by atoms with Gasteiger partial charge in [-0.15, -0.1) is 0 Å². The van der Waals surface area contributed by atoms with E-state index >= 15 is 0 Å². The molecule has 0 N–H and O–H groups in total. The number of ether oxygens (including phenoxy) is 4. The zero-order valence-electron chi connectivity index (χ0n) is 19.6. The number of carbonyl (C=O) groups is 3. The summed E-state index contributed by atoms with van der Waals surface area (Å²) in [5.41, 5.74) is 1.93. The molecule has 1 spiro atoms. The predicted molar refractivity (Wildman–Crippen MR) is 125 cm³/mol. The van der Waals surface area contributed by atoms with Crippen molar-refractivity contribution in [3.63, 3.8) is 0 Å². The van der Waals surface area contributed by atoms with E-state index in [-0.39, 0.29) is 25.0 Å². The number of hydrogen-bond donors (Lipinski definition) is 0. The van der Waals surface area contributed by atoms with Crippen molar-refractivity contribution in [2.45, 2.75) is 31.8 Å². The second kappa shape index (κ2) is 11.8. The molecule has 0 saturated carbocycles. The molecule has 3 fully saturated rings. The maximum absolute atomic E-state index is 12.0. The van der Waals surface area contributed by atoms with E-state index in [2.05, 4.69) is 0 Å². The number of hydrogen-bond acceptors (Lipinski definition) is 7. The summed E-state index contributed by atoms with van der Waals surface area (Å²) in [6, 6.07) is 19.1. The van der Waals surface area contributed by atoms with Gasteiger partial charge in [0.2, 0.25) is 0 Å². The first-order valence-corrected chi connectivity index (χ1v) is 11.7. The zero-order valence-corrected chi connectivity index (χ0v) is 19.6. The molecule has 35 heavy (non-hydrogen) atoms. The van der Waals surface area contributed by atoms with E-state index < -0.39 is 11.9 Å². The monoisotopic (exact) mass is 482 g/mol. The van der Waals surface area contributed by atoms with E-state index in [1.54, 1.807) is 4.90 Å². The van der Waals surface area contributed by atoms with Gasteiger partial charge in [-0.1, -0.05) is 60.7 Å². The minimum Gasteiger partial charge on any atom is -0.445 e. The molecule has 9 nitrogen and oxygen atoms in total. The Kier molecular flexibility index (Phi) is 8.33. The SMILES string of the molecule is O=C(OCc1ccccc1)N1CCC2(C1)OCCO2.O=C1CCN(C(=O)OCc2ccccc2)C1. The Morgan fingerprint density at radius 1 is 0.800 bits per heavy atom. The lowest BCUT2D eigenvalue weighted by Crippen LogP contribution is -2.37. The largest absolute Gasteiger partial charge is 0.445 e. The standard InChI is InChI=1S/C14H17NO4.C12H13NO3/c16-13(17-10-12-4-2-1-3-5-12)15-7-6-14(11-15)18-8-9-19-14;14-11-6-7-13(8-11)12(15)16-9-10-4-2-1-3-5-10/h1-5H,6-11H2;1-5H,6-9H2. The number of carbonyl (C=O) groups excluding carboxylic acids is 3. The summed E-state index contributed by atoms with van der Waals surface area (Å²) in [7, 11) is 0. The van der Waals surface area contributed by atoms with Crippen LogP contribution in [0, 0.1) is 0 Å². The van der Waals surface area contributed by atoms with Gasteiger partial charge < -0.3 is 28.7 Å². The molecule has 3 saturated heterocycles. The molecular weight excluding hydrogens is 452 g/mol. The van der Waals surface area contributed by atoms with Gasteiger partial charge in [-0.2, -0.15) is 0 Å². The highest BCUT2D eigenvalue weighted by molar-refractivity contribution is 5.87. The third kappa shape index (κ3) is 7.03. The summed E-state index contributed by atoms with van der Waals surface area (Å²) in [5.74, 6) is -0.483. The highest BCUT2D eigenvalue weighted by Gasteiger charge is 2.45. The van der Waals surface area contributed by atoms with Crippen molar-refractivity contribution >= 4 is 18.0 Å². The van der Waals surface area contributed by atoms with Crippen LogP contribution in [-0.2, 0) is 37.0 Å². The number of likely N-dealkylation sites (tertiary alicyclic amines) is 2. The van der Waals surface area contributed by atoms with Crippen molar-refractivity contribution in [1.29, 1.82) is 0 Å². The summed E-state index contributed by atoms with van der Waals surface area (Å²) >= 11 is 0. The highest BCUT2D eigenvalue weighted by Crippen LogP contribution is 2.30. The summed E-state index contributed by atoms with van der Waals surface area (Å²) in [4.78, 5) is 37.5. The van der Waals surface area contributed by atoms with Gasteiger partial charge in [0.25, 0.3) is 0 Å². The molecule has 3 aliphatic heterocycles. The van der Waals surface area contributed by atoms with Crippen molar-refractivity contribution in [1.82, 2.24) is 9.80 Å². The summed E-state index contributed by atoms with van der Waals surface area (Å²) in [5, 5.41) is 0. The van der Waals surface area contributed by atoms with Gasteiger partial charge in [-0.25, -0.2) is 9.59 Å². The number of amides is 2.